The molecule has 0 amide bonds. The Bertz CT molecular complexity index is 981. The van der Waals surface area contributed by atoms with Gasteiger partial charge in [-0.05, 0) is 24.1 Å². The summed E-state index contributed by atoms with van der Waals surface area (Å²) in [5, 5.41) is 1.35. The average molecular weight is 289 g/mol. The van der Waals surface area contributed by atoms with Crippen molar-refractivity contribution >= 4 is 27.9 Å². The Labute approximate surface area is 127 Å². The van der Waals surface area contributed by atoms with Gasteiger partial charge >= 0.3 is 0 Å². The Morgan fingerprint density at radius 3 is 3.09 bits per heavy atom. The van der Waals surface area contributed by atoms with Crippen LogP contribution < -0.4 is 4.90 Å². The van der Waals surface area contributed by atoms with Gasteiger partial charge in [-0.1, -0.05) is 18.2 Å². The Balaban J connectivity index is 1.55. The maximum Gasteiger partial charge on any atom is 0.156 e. The zero-order valence-corrected chi connectivity index (χ0v) is 12.0. The molecule has 1 aliphatic rings. The monoisotopic (exact) mass is 289 g/mol. The van der Waals surface area contributed by atoms with Crippen LogP contribution in [0, 0.1) is 0 Å². The first-order valence-corrected chi connectivity index (χ1v) is 7.52. The molecule has 5 nitrogen and oxygen atoms in total. The fourth-order valence-electron chi connectivity index (χ4n) is 3.36. The molecule has 4 aromatic rings. The highest BCUT2D eigenvalue weighted by molar-refractivity contribution is 5.85. The van der Waals surface area contributed by atoms with Crippen molar-refractivity contribution in [1.29, 1.82) is 0 Å². The van der Waals surface area contributed by atoms with Crippen molar-refractivity contribution in [1.82, 2.24) is 19.9 Å². The van der Waals surface area contributed by atoms with Gasteiger partial charge in [0.2, 0.25) is 0 Å². The van der Waals surface area contributed by atoms with E-state index in [1.165, 1.54) is 22.2 Å². The van der Waals surface area contributed by atoms with E-state index in [0.29, 0.717) is 0 Å². The number of nitrogens with one attached hydrogen (secondary N) is 2. The van der Waals surface area contributed by atoms with E-state index in [1.54, 1.807) is 0 Å². The molecule has 0 spiro atoms. The Morgan fingerprint density at radius 2 is 2.09 bits per heavy atom. The molecule has 2 N–H and O–H groups in total. The van der Waals surface area contributed by atoms with Gasteiger partial charge in [0.05, 0.1) is 12.7 Å². The van der Waals surface area contributed by atoms with E-state index in [2.05, 4.69) is 44.1 Å². The summed E-state index contributed by atoms with van der Waals surface area (Å²) in [6, 6.07) is 10.5. The lowest BCUT2D eigenvalue weighted by Gasteiger charge is -2.27. The van der Waals surface area contributed by atoms with Gasteiger partial charge in [0.15, 0.2) is 5.65 Å². The third-order valence-corrected chi connectivity index (χ3v) is 4.45. The molecule has 0 atom stereocenters. The normalized spacial score (nSPS) is 14.6. The van der Waals surface area contributed by atoms with Crippen LogP contribution in [0.3, 0.4) is 0 Å². The Hall–Kier alpha value is -2.82. The summed E-state index contributed by atoms with van der Waals surface area (Å²) in [4.78, 5) is 18.1. The SMILES string of the molecule is c1ccc2c3c([nH]c2c1)CN(c1cnc2[nH]ccc2n1)CC3. The average Bonchev–Trinajstić information content (AvgIpc) is 3.17. The molecule has 1 aromatic carbocycles. The molecule has 0 aliphatic carbocycles. The maximum atomic E-state index is 4.70. The van der Waals surface area contributed by atoms with E-state index in [0.717, 1.165) is 36.5 Å². The second-order valence-electron chi connectivity index (χ2n) is 5.74. The van der Waals surface area contributed by atoms with Crippen molar-refractivity contribution in [3.8, 4) is 0 Å². The standard InChI is InChI=1S/C17H15N5/c1-2-4-13-11(3-1)12-6-8-22(10-15(12)20-13)16-9-19-17-14(21-16)5-7-18-17/h1-5,7,9,20H,6,8,10H2,(H,18,19). The lowest BCUT2D eigenvalue weighted by Crippen LogP contribution is -2.30. The first kappa shape index (κ1) is 11.8. The lowest BCUT2D eigenvalue weighted by molar-refractivity contribution is 0.713. The van der Waals surface area contributed by atoms with Crippen LogP contribution in [0.4, 0.5) is 5.82 Å². The van der Waals surface area contributed by atoms with Crippen LogP contribution in [0.25, 0.3) is 22.1 Å². The molecule has 22 heavy (non-hydrogen) atoms. The molecule has 5 heteroatoms. The van der Waals surface area contributed by atoms with Crippen LogP contribution in [0.15, 0.2) is 42.7 Å². The minimum atomic E-state index is 0.840. The summed E-state index contributed by atoms with van der Waals surface area (Å²) in [5.41, 5.74) is 5.72. The molecule has 0 radical (unpaired) electrons. The van der Waals surface area contributed by atoms with Crippen LogP contribution >= 0.6 is 0 Å². The number of aromatic nitrogens is 4. The summed E-state index contributed by atoms with van der Waals surface area (Å²) in [5.74, 6) is 0.941. The number of aromatic amines is 2. The van der Waals surface area contributed by atoms with E-state index >= 15 is 0 Å². The highest BCUT2D eigenvalue weighted by Crippen LogP contribution is 2.29. The Morgan fingerprint density at radius 1 is 1.14 bits per heavy atom. The van der Waals surface area contributed by atoms with Crippen molar-refractivity contribution in [3.05, 3.63) is 54.0 Å². The number of anilines is 1. The molecule has 0 bridgehead atoms. The van der Waals surface area contributed by atoms with Gasteiger partial charge in [0.1, 0.15) is 11.3 Å². The van der Waals surface area contributed by atoms with E-state index < -0.39 is 0 Å². The third kappa shape index (κ3) is 1.65. The van der Waals surface area contributed by atoms with Crippen LogP contribution in [0.1, 0.15) is 11.3 Å². The summed E-state index contributed by atoms with van der Waals surface area (Å²) in [7, 11) is 0. The van der Waals surface area contributed by atoms with Gasteiger partial charge in [0.25, 0.3) is 0 Å². The number of rotatable bonds is 1. The number of nitrogens with zero attached hydrogens (tertiary/aromatic N) is 3. The minimum absolute atomic E-state index is 0.840. The zero-order valence-electron chi connectivity index (χ0n) is 12.0. The zero-order chi connectivity index (χ0) is 14.5. The fourth-order valence-corrected chi connectivity index (χ4v) is 3.36. The van der Waals surface area contributed by atoms with E-state index in [9.17, 15) is 0 Å². The molecule has 1 aliphatic heterocycles. The summed E-state index contributed by atoms with van der Waals surface area (Å²) < 4.78 is 0. The highest BCUT2D eigenvalue weighted by atomic mass is 15.2. The summed E-state index contributed by atoms with van der Waals surface area (Å²) in [6.45, 7) is 1.83. The fraction of sp³-hybridized carbons (Fsp3) is 0.176. The van der Waals surface area contributed by atoms with Crippen molar-refractivity contribution in [2.45, 2.75) is 13.0 Å². The van der Waals surface area contributed by atoms with Gasteiger partial charge < -0.3 is 14.9 Å². The predicted molar refractivity (Wildman–Crippen MR) is 86.9 cm³/mol. The number of hydrogen-bond acceptors (Lipinski definition) is 3. The largest absolute Gasteiger partial charge is 0.357 e. The maximum absolute atomic E-state index is 4.70. The van der Waals surface area contributed by atoms with Gasteiger partial charge in [0, 0.05) is 29.3 Å². The molecule has 5 rings (SSSR count). The molecule has 108 valence electrons. The summed E-state index contributed by atoms with van der Waals surface area (Å²) in [6.07, 6.45) is 4.76. The number of fused-ring (bicyclic) bond motifs is 4. The van der Waals surface area contributed by atoms with E-state index in [4.69, 9.17) is 4.98 Å². The Kier molecular flexibility index (Phi) is 2.33. The quantitative estimate of drug-likeness (QED) is 0.566. The second-order valence-corrected chi connectivity index (χ2v) is 5.74. The number of hydrogen-bond donors (Lipinski definition) is 2. The van der Waals surface area contributed by atoms with E-state index in [1.807, 2.05) is 18.5 Å². The molecule has 0 saturated heterocycles. The number of H-pyrrole nitrogens is 2. The molecule has 0 saturated carbocycles. The number of benzene rings is 1. The van der Waals surface area contributed by atoms with Crippen molar-refractivity contribution < 1.29 is 0 Å². The first-order chi connectivity index (χ1) is 10.9. The van der Waals surface area contributed by atoms with Crippen molar-refractivity contribution in [3.63, 3.8) is 0 Å². The lowest BCUT2D eigenvalue weighted by atomic mass is 10.0. The number of para-hydroxylation sites is 1. The van der Waals surface area contributed by atoms with E-state index in [-0.39, 0.29) is 0 Å². The first-order valence-electron chi connectivity index (χ1n) is 7.52. The minimum Gasteiger partial charge on any atom is -0.357 e. The molecule has 4 heterocycles. The van der Waals surface area contributed by atoms with Gasteiger partial charge in [-0.25, -0.2) is 9.97 Å². The molecular formula is C17H15N5. The molecule has 0 unspecified atom stereocenters. The molecule has 0 fully saturated rings. The van der Waals surface area contributed by atoms with Crippen molar-refractivity contribution in [2.75, 3.05) is 11.4 Å². The van der Waals surface area contributed by atoms with Gasteiger partial charge in [-0.15, -0.1) is 0 Å². The topological polar surface area (TPSA) is 60.6 Å². The van der Waals surface area contributed by atoms with Crippen LogP contribution in [0.2, 0.25) is 0 Å². The highest BCUT2D eigenvalue weighted by Gasteiger charge is 2.21. The van der Waals surface area contributed by atoms with Crippen LogP contribution in [-0.4, -0.2) is 26.5 Å². The molecular weight excluding hydrogens is 274 g/mol. The second kappa shape index (κ2) is 4.34. The smallest absolute Gasteiger partial charge is 0.156 e. The van der Waals surface area contributed by atoms with Crippen LogP contribution in [0.5, 0.6) is 0 Å². The predicted octanol–water partition coefficient (Wildman–Crippen LogP) is 3.00. The van der Waals surface area contributed by atoms with Crippen molar-refractivity contribution in [2.24, 2.45) is 0 Å². The molecule has 3 aromatic heterocycles. The van der Waals surface area contributed by atoms with Crippen LogP contribution in [-0.2, 0) is 13.0 Å². The van der Waals surface area contributed by atoms with Gasteiger partial charge in [-0.2, -0.15) is 0 Å². The summed E-state index contributed by atoms with van der Waals surface area (Å²) >= 11 is 0. The van der Waals surface area contributed by atoms with Gasteiger partial charge in [-0.3, -0.25) is 0 Å². The third-order valence-electron chi connectivity index (χ3n) is 4.45.